The van der Waals surface area contributed by atoms with Crippen LogP contribution in [0.25, 0.3) is 0 Å². The normalized spacial score (nSPS) is 11.4. The number of aliphatic carboxylic acids is 2. The number of unbranched alkanes of at least 4 members (excludes halogenated alkanes) is 2. The Morgan fingerprint density at radius 1 is 0.655 bits per heavy atom. The molecule has 0 aliphatic carbocycles. The Labute approximate surface area is 194 Å². The fraction of sp³-hybridized carbons (Fsp3) is 0.909. The van der Waals surface area contributed by atoms with Gasteiger partial charge in [0.15, 0.2) is 0 Å². The molecule has 0 saturated heterocycles. The van der Waals surface area contributed by atoms with Crippen molar-refractivity contribution in [2.45, 2.75) is 119 Å². The molecule has 0 saturated carbocycles. The van der Waals surface area contributed by atoms with Crippen LogP contribution in [-0.4, -0.2) is 24.1 Å². The van der Waals surface area contributed by atoms with Crippen molar-refractivity contribution in [3.05, 3.63) is 0 Å². The van der Waals surface area contributed by atoms with Crippen LogP contribution in [0.4, 0.5) is 0 Å². The zero-order chi connectivity index (χ0) is 23.1. The third-order valence-electron chi connectivity index (χ3n) is 3.46. The van der Waals surface area contributed by atoms with Crippen LogP contribution in [0.3, 0.4) is 0 Å². The summed E-state index contributed by atoms with van der Waals surface area (Å²) in [6.45, 7) is 14.3. The number of carboxylic acids is 2. The minimum atomic E-state index is -0.893. The molecule has 172 valence electrons. The first-order chi connectivity index (χ1) is 12.9. The van der Waals surface area contributed by atoms with E-state index in [4.69, 9.17) is 0 Å². The molecule has 0 aromatic heterocycles. The van der Waals surface area contributed by atoms with E-state index in [1.165, 1.54) is 0 Å². The van der Waals surface area contributed by atoms with Crippen molar-refractivity contribution in [3.63, 3.8) is 0 Å². The maximum atomic E-state index is 10.3. The van der Waals surface area contributed by atoms with Crippen molar-refractivity contribution in [3.8, 4) is 0 Å². The number of hydrogen-bond donors (Lipinski definition) is 0. The standard InChI is InChI=1S/2C8H16O2.2C3H7O.Ti/c2*1-3-5-6-7(4-2)8(9)10;2*1-3(2)4;/h2*7H,3-6H2,1-2H3,(H,9,10);2*3H,1-2H3;/q;;2*-1;+4/p-2. The molecule has 0 amide bonds. The Balaban J connectivity index is -0.0000000950. The second kappa shape index (κ2) is 29.8. The van der Waals surface area contributed by atoms with Gasteiger partial charge in [-0.1, -0.05) is 81.1 Å². The Kier molecular flexibility index (Phi) is 40.1. The van der Waals surface area contributed by atoms with Gasteiger partial charge in [0, 0.05) is 11.9 Å². The van der Waals surface area contributed by atoms with Crippen LogP contribution in [0.15, 0.2) is 0 Å². The van der Waals surface area contributed by atoms with E-state index in [0.717, 1.165) is 38.5 Å². The topological polar surface area (TPSA) is 126 Å². The van der Waals surface area contributed by atoms with Gasteiger partial charge in [-0.25, -0.2) is 0 Å². The van der Waals surface area contributed by atoms with Crippen molar-refractivity contribution >= 4 is 11.9 Å². The molecule has 0 fully saturated rings. The minimum absolute atomic E-state index is 0. The summed E-state index contributed by atoms with van der Waals surface area (Å²) in [6, 6.07) is 0. The monoisotopic (exact) mass is 452 g/mol. The molecule has 0 spiro atoms. The molecule has 29 heavy (non-hydrogen) atoms. The maximum absolute atomic E-state index is 10.3. The van der Waals surface area contributed by atoms with Gasteiger partial charge < -0.3 is 30.0 Å². The van der Waals surface area contributed by atoms with Gasteiger partial charge in [0.05, 0.1) is 0 Å². The number of carbonyl (C=O) groups excluding carboxylic acids is 2. The summed E-state index contributed by atoms with van der Waals surface area (Å²) in [5.41, 5.74) is 0. The second-order valence-electron chi connectivity index (χ2n) is 7.23. The fourth-order valence-electron chi connectivity index (χ4n) is 1.88. The second-order valence-corrected chi connectivity index (χ2v) is 7.23. The van der Waals surface area contributed by atoms with E-state index in [9.17, 15) is 30.0 Å². The van der Waals surface area contributed by atoms with Crippen molar-refractivity contribution in [1.82, 2.24) is 0 Å². The van der Waals surface area contributed by atoms with Crippen LogP contribution in [-0.2, 0) is 31.3 Å². The van der Waals surface area contributed by atoms with Gasteiger partial charge in [0.1, 0.15) is 0 Å². The van der Waals surface area contributed by atoms with Gasteiger partial charge in [-0.05, 0) is 37.5 Å². The van der Waals surface area contributed by atoms with Gasteiger partial charge in [-0.2, -0.15) is 0 Å². The zero-order valence-electron chi connectivity index (χ0n) is 19.9. The summed E-state index contributed by atoms with van der Waals surface area (Å²) in [5.74, 6) is -2.23. The summed E-state index contributed by atoms with van der Waals surface area (Å²) in [4.78, 5) is 20.7. The molecule has 0 aromatic carbocycles. The first-order valence-electron chi connectivity index (χ1n) is 10.6. The summed E-state index contributed by atoms with van der Waals surface area (Å²) in [6.07, 6.45) is 6.21. The van der Waals surface area contributed by atoms with E-state index < -0.39 is 24.1 Å². The number of hydrogen-bond acceptors (Lipinski definition) is 6. The average molecular weight is 452 g/mol. The smallest absolute Gasteiger partial charge is 0.852 e. The molecule has 0 rings (SSSR count). The third kappa shape index (κ3) is 47.1. The van der Waals surface area contributed by atoms with Gasteiger partial charge in [-0.3, -0.25) is 0 Å². The molecule has 0 aliphatic heterocycles. The number of rotatable bonds is 10. The van der Waals surface area contributed by atoms with Gasteiger partial charge in [0.2, 0.25) is 0 Å². The van der Waals surface area contributed by atoms with E-state index in [1.54, 1.807) is 27.7 Å². The molecule has 7 heteroatoms. The molecule has 0 N–H and O–H groups in total. The average Bonchev–Trinajstić information content (AvgIpc) is 2.55. The first kappa shape index (κ1) is 39.1. The summed E-state index contributed by atoms with van der Waals surface area (Å²) < 4.78 is 0. The van der Waals surface area contributed by atoms with Gasteiger partial charge in [0.25, 0.3) is 0 Å². The van der Waals surface area contributed by atoms with E-state index in [-0.39, 0.29) is 33.6 Å². The Bertz CT molecular complexity index is 298. The number of carbonyl (C=O) groups is 2. The van der Waals surface area contributed by atoms with Crippen molar-refractivity contribution < 1.29 is 51.7 Å². The molecule has 0 aliphatic rings. The van der Waals surface area contributed by atoms with Crippen molar-refractivity contribution in [2.75, 3.05) is 0 Å². The van der Waals surface area contributed by atoms with Crippen LogP contribution in [0.1, 0.15) is 107 Å². The maximum Gasteiger partial charge on any atom is 4.00 e. The van der Waals surface area contributed by atoms with Crippen LogP contribution in [0.2, 0.25) is 0 Å². The summed E-state index contributed by atoms with van der Waals surface area (Å²) in [7, 11) is 0. The molecule has 2 unspecified atom stereocenters. The predicted molar refractivity (Wildman–Crippen MR) is 107 cm³/mol. The fourth-order valence-corrected chi connectivity index (χ4v) is 1.88. The van der Waals surface area contributed by atoms with Gasteiger partial charge in [-0.15, -0.1) is 12.2 Å². The van der Waals surface area contributed by atoms with Crippen molar-refractivity contribution in [1.29, 1.82) is 0 Å². The molecule has 0 radical (unpaired) electrons. The Morgan fingerprint density at radius 3 is 0.966 bits per heavy atom. The van der Waals surface area contributed by atoms with E-state index in [0.29, 0.717) is 12.8 Å². The molecule has 0 bridgehead atoms. The van der Waals surface area contributed by atoms with Crippen LogP contribution < -0.4 is 20.4 Å². The van der Waals surface area contributed by atoms with E-state index in [1.807, 2.05) is 13.8 Å². The molecule has 0 aromatic rings. The first-order valence-corrected chi connectivity index (χ1v) is 10.6. The molecule has 0 heterocycles. The minimum Gasteiger partial charge on any atom is -0.852 e. The summed E-state index contributed by atoms with van der Waals surface area (Å²) >= 11 is 0. The summed E-state index contributed by atoms with van der Waals surface area (Å²) in [5, 5.41) is 39.7. The van der Waals surface area contributed by atoms with Crippen LogP contribution in [0, 0.1) is 11.8 Å². The predicted octanol–water partition coefficient (Wildman–Crippen LogP) is 1.41. The molecule has 6 nitrogen and oxygen atoms in total. The van der Waals surface area contributed by atoms with E-state index >= 15 is 0 Å². The van der Waals surface area contributed by atoms with Crippen LogP contribution in [0.5, 0.6) is 0 Å². The SMILES string of the molecule is CC(C)[O-].CC(C)[O-].CCCCC(CC)C(=O)[O-].CCCCC(CC)C(=O)[O-].[Ti+4]. The number of carboxylic acid groups (broad SMARTS) is 2. The third-order valence-corrected chi connectivity index (χ3v) is 3.46. The molecular weight excluding hydrogens is 408 g/mol. The van der Waals surface area contributed by atoms with E-state index in [2.05, 4.69) is 13.8 Å². The Hall–Kier alpha value is -0.426. The molecule has 2 atom stereocenters. The van der Waals surface area contributed by atoms with Crippen LogP contribution >= 0.6 is 0 Å². The van der Waals surface area contributed by atoms with Crippen molar-refractivity contribution in [2.24, 2.45) is 11.8 Å². The quantitative estimate of drug-likeness (QED) is 0.461. The largest absolute Gasteiger partial charge is 4.00 e. The van der Waals surface area contributed by atoms with Gasteiger partial charge >= 0.3 is 21.7 Å². The molecular formula is C22H44O6Ti. The Morgan fingerprint density at radius 2 is 0.862 bits per heavy atom. The zero-order valence-corrected chi connectivity index (χ0v) is 21.5.